The minimum absolute atomic E-state index is 0.510. The molecule has 1 aromatic carbocycles. The minimum Gasteiger partial charge on any atom is -0.241 e. The second kappa shape index (κ2) is 6.95. The van der Waals surface area contributed by atoms with Crippen molar-refractivity contribution in [3.63, 3.8) is 0 Å². The van der Waals surface area contributed by atoms with Gasteiger partial charge in [0.1, 0.15) is 11.6 Å². The third-order valence-corrected chi connectivity index (χ3v) is 4.02. The molecule has 0 fully saturated rings. The fourth-order valence-electron chi connectivity index (χ4n) is 2.48. The Morgan fingerprint density at radius 2 is 0.852 bits per heavy atom. The van der Waals surface area contributed by atoms with Gasteiger partial charge in [0.25, 0.3) is 0 Å². The largest absolute Gasteiger partial charge is 0.241 e. The molecule has 0 unspecified atom stereocenters. The highest BCUT2D eigenvalue weighted by atomic mass is 15.0. The normalized spacial score (nSPS) is 10.8. The van der Waals surface area contributed by atoms with Gasteiger partial charge < -0.3 is 0 Å². The number of benzene rings is 1. The first-order valence-electron chi connectivity index (χ1n) is 8.49. The second-order valence-corrected chi connectivity index (χ2v) is 6.21. The third kappa shape index (κ3) is 3.67. The molecule has 0 aliphatic rings. The van der Waals surface area contributed by atoms with Crippen LogP contribution in [-0.4, -0.2) is 34.9 Å². The van der Waals surface area contributed by atoms with E-state index in [9.17, 15) is 0 Å². The molecule has 0 N–H and O–H groups in total. The van der Waals surface area contributed by atoms with E-state index in [1.807, 2.05) is 45.0 Å². The summed E-state index contributed by atoms with van der Waals surface area (Å²) in [5, 5.41) is 0. The van der Waals surface area contributed by atoms with Crippen LogP contribution in [0.4, 0.5) is 0 Å². The van der Waals surface area contributed by atoms with Gasteiger partial charge in [-0.05, 0) is 20.8 Å². The zero-order valence-corrected chi connectivity index (χ0v) is 15.2. The van der Waals surface area contributed by atoms with Crippen LogP contribution in [0.15, 0.2) is 49.1 Å². The van der Waals surface area contributed by atoms with Crippen molar-refractivity contribution in [2.45, 2.75) is 20.8 Å². The molecule has 4 rings (SSSR count). The highest BCUT2D eigenvalue weighted by Crippen LogP contribution is 2.23. The average molecular weight is 355 g/mol. The van der Waals surface area contributed by atoms with Crippen LogP contribution in [0.5, 0.6) is 0 Å². The first-order valence-corrected chi connectivity index (χ1v) is 8.49. The van der Waals surface area contributed by atoms with Crippen LogP contribution >= 0.6 is 0 Å². The van der Waals surface area contributed by atoms with E-state index >= 15 is 0 Å². The molecule has 27 heavy (non-hydrogen) atoms. The van der Waals surface area contributed by atoms with Crippen molar-refractivity contribution in [2.24, 2.45) is 0 Å². The summed E-state index contributed by atoms with van der Waals surface area (Å²) in [6.45, 7) is 5.72. The van der Waals surface area contributed by atoms with E-state index in [4.69, 9.17) is 0 Å². The summed E-state index contributed by atoms with van der Waals surface area (Å²) < 4.78 is 0. The molecular formula is C20H17N7. The van der Waals surface area contributed by atoms with Gasteiger partial charge in [-0.1, -0.05) is 29.8 Å². The van der Waals surface area contributed by atoms with Crippen molar-refractivity contribution < 1.29 is 0 Å². The molecule has 0 radical (unpaired) electrons. The summed E-state index contributed by atoms with van der Waals surface area (Å²) in [5.41, 5.74) is 3.54. The molecule has 0 saturated carbocycles. The Hall–Kier alpha value is -3.61. The zero-order valence-electron chi connectivity index (χ0n) is 15.2. The van der Waals surface area contributed by atoms with Crippen LogP contribution < -0.4 is 0 Å². The van der Waals surface area contributed by atoms with Crippen LogP contribution in [0.3, 0.4) is 0 Å². The number of rotatable bonds is 3. The van der Waals surface area contributed by atoms with Crippen LogP contribution in [-0.2, 0) is 0 Å². The maximum atomic E-state index is 4.63. The molecule has 3 aromatic heterocycles. The highest BCUT2D eigenvalue weighted by molar-refractivity contribution is 5.65. The van der Waals surface area contributed by atoms with Crippen molar-refractivity contribution in [3.8, 4) is 34.2 Å². The first kappa shape index (κ1) is 16.8. The second-order valence-electron chi connectivity index (χ2n) is 6.21. The van der Waals surface area contributed by atoms with Gasteiger partial charge in [-0.3, -0.25) is 0 Å². The summed E-state index contributed by atoms with van der Waals surface area (Å²) in [6, 6.07) is 8.05. The summed E-state index contributed by atoms with van der Waals surface area (Å²) in [5.74, 6) is 2.99. The Labute approximate surface area is 156 Å². The van der Waals surface area contributed by atoms with Gasteiger partial charge in [-0.15, -0.1) is 0 Å². The Balaban J connectivity index is 1.89. The van der Waals surface area contributed by atoms with E-state index in [1.165, 1.54) is 5.56 Å². The number of aromatic nitrogens is 7. The third-order valence-electron chi connectivity index (χ3n) is 4.02. The molecule has 4 aromatic rings. The molecule has 0 aliphatic carbocycles. The molecule has 3 heterocycles. The van der Waals surface area contributed by atoms with Crippen molar-refractivity contribution >= 4 is 0 Å². The van der Waals surface area contributed by atoms with Crippen molar-refractivity contribution in [1.29, 1.82) is 0 Å². The van der Waals surface area contributed by atoms with Gasteiger partial charge in [-0.2, -0.15) is 0 Å². The van der Waals surface area contributed by atoms with Gasteiger partial charge in [0.2, 0.25) is 0 Å². The van der Waals surface area contributed by atoms with Gasteiger partial charge >= 0.3 is 0 Å². The quantitative estimate of drug-likeness (QED) is 0.556. The van der Waals surface area contributed by atoms with Crippen molar-refractivity contribution in [2.75, 3.05) is 0 Å². The first-order chi connectivity index (χ1) is 13.1. The molecule has 7 nitrogen and oxygen atoms in total. The molecule has 0 aliphatic heterocycles. The van der Waals surface area contributed by atoms with E-state index < -0.39 is 0 Å². The predicted octanol–water partition coefficient (Wildman–Crippen LogP) is 3.38. The van der Waals surface area contributed by atoms with Gasteiger partial charge in [0.15, 0.2) is 17.5 Å². The lowest BCUT2D eigenvalue weighted by Crippen LogP contribution is -2.02. The molecule has 0 bridgehead atoms. The van der Waals surface area contributed by atoms with Crippen LogP contribution in [0.1, 0.15) is 17.2 Å². The fraction of sp³-hybridized carbons (Fsp3) is 0.150. The number of aryl methyl sites for hydroxylation is 3. The SMILES string of the molecule is Cc1ccc(-c2nc(-c3cnc(C)nc3)nc(-c3cnc(C)nc3)n2)cc1. The molecule has 0 saturated heterocycles. The standard InChI is InChI=1S/C20H17N7/c1-12-4-6-15(7-5-12)18-25-19(16-8-21-13(2)22-9-16)27-20(26-18)17-10-23-14(3)24-11-17/h4-11H,1-3H3. The van der Waals surface area contributed by atoms with E-state index in [0.717, 1.165) is 16.7 Å². The van der Waals surface area contributed by atoms with Crippen LogP contribution in [0.25, 0.3) is 34.2 Å². The lowest BCUT2D eigenvalue weighted by Gasteiger charge is -2.08. The summed E-state index contributed by atoms with van der Waals surface area (Å²) >= 11 is 0. The molecular weight excluding hydrogens is 338 g/mol. The average Bonchev–Trinajstić information content (AvgIpc) is 2.69. The monoisotopic (exact) mass is 355 g/mol. The number of nitrogens with zero attached hydrogens (tertiary/aromatic N) is 7. The molecule has 0 atom stereocenters. The Morgan fingerprint density at radius 1 is 0.481 bits per heavy atom. The van der Waals surface area contributed by atoms with Crippen molar-refractivity contribution in [3.05, 3.63) is 66.3 Å². The zero-order chi connectivity index (χ0) is 18.8. The lowest BCUT2D eigenvalue weighted by molar-refractivity contribution is 1.01. The summed E-state index contributed by atoms with van der Waals surface area (Å²) in [7, 11) is 0. The highest BCUT2D eigenvalue weighted by Gasteiger charge is 2.13. The fourth-order valence-corrected chi connectivity index (χ4v) is 2.48. The van der Waals surface area contributed by atoms with Gasteiger partial charge in [-0.25, -0.2) is 34.9 Å². The van der Waals surface area contributed by atoms with E-state index in [-0.39, 0.29) is 0 Å². The van der Waals surface area contributed by atoms with E-state index in [2.05, 4.69) is 34.9 Å². The molecule has 7 heteroatoms. The topological polar surface area (TPSA) is 90.2 Å². The van der Waals surface area contributed by atoms with Gasteiger partial charge in [0, 0.05) is 30.4 Å². The summed E-state index contributed by atoms with van der Waals surface area (Å²) in [6.07, 6.45) is 6.86. The summed E-state index contributed by atoms with van der Waals surface area (Å²) in [4.78, 5) is 30.8. The Bertz CT molecular complexity index is 919. The number of hydrogen-bond acceptors (Lipinski definition) is 7. The van der Waals surface area contributed by atoms with E-state index in [1.54, 1.807) is 24.8 Å². The van der Waals surface area contributed by atoms with Crippen LogP contribution in [0.2, 0.25) is 0 Å². The van der Waals surface area contributed by atoms with Crippen LogP contribution in [0, 0.1) is 20.8 Å². The van der Waals surface area contributed by atoms with Gasteiger partial charge in [0.05, 0.1) is 11.1 Å². The Kier molecular flexibility index (Phi) is 4.33. The van der Waals surface area contributed by atoms with E-state index in [0.29, 0.717) is 29.1 Å². The smallest absolute Gasteiger partial charge is 0.167 e. The molecule has 132 valence electrons. The predicted molar refractivity (Wildman–Crippen MR) is 102 cm³/mol. The molecule has 0 amide bonds. The number of hydrogen-bond donors (Lipinski definition) is 0. The van der Waals surface area contributed by atoms with Crippen molar-refractivity contribution in [1.82, 2.24) is 34.9 Å². The lowest BCUT2D eigenvalue weighted by atomic mass is 10.1. The molecule has 0 spiro atoms. The maximum absolute atomic E-state index is 4.63. The Morgan fingerprint density at radius 3 is 1.26 bits per heavy atom. The maximum Gasteiger partial charge on any atom is 0.167 e. The minimum atomic E-state index is 0.510.